The van der Waals surface area contributed by atoms with Crippen molar-refractivity contribution in [2.24, 2.45) is 11.1 Å². The highest BCUT2D eigenvalue weighted by Gasteiger charge is 2.39. The third kappa shape index (κ3) is 3.93. The lowest BCUT2D eigenvalue weighted by Crippen LogP contribution is -2.44. The largest absolute Gasteiger partial charge is 0.493 e. The molecule has 2 rings (SSSR count). The maximum atomic E-state index is 12.3. The van der Waals surface area contributed by atoms with Gasteiger partial charge in [0.15, 0.2) is 11.5 Å². The molecule has 0 bridgehead atoms. The van der Waals surface area contributed by atoms with Crippen LogP contribution in [0.5, 0.6) is 11.5 Å². The second kappa shape index (κ2) is 7.46. The molecule has 1 fully saturated rings. The second-order valence-electron chi connectivity index (χ2n) is 5.78. The Morgan fingerprint density at radius 2 is 1.96 bits per heavy atom. The van der Waals surface area contributed by atoms with Crippen LogP contribution in [0.2, 0.25) is 0 Å². The lowest BCUT2D eigenvalue weighted by Gasteiger charge is -2.25. The fourth-order valence-electron chi connectivity index (χ4n) is 2.92. The summed E-state index contributed by atoms with van der Waals surface area (Å²) >= 11 is 0. The SMILES string of the molecule is COc1cc(C(=O)NCC2(C(N)=O)CCCC2)ccc1OC(F)F. The number of rotatable bonds is 7. The molecule has 1 aromatic rings. The summed E-state index contributed by atoms with van der Waals surface area (Å²) < 4.78 is 33.9. The van der Waals surface area contributed by atoms with Gasteiger partial charge in [-0.05, 0) is 31.0 Å². The Morgan fingerprint density at radius 3 is 2.50 bits per heavy atom. The summed E-state index contributed by atoms with van der Waals surface area (Å²) in [5.74, 6) is -0.995. The lowest BCUT2D eigenvalue weighted by molar-refractivity contribution is -0.127. The molecule has 1 aliphatic rings. The summed E-state index contributed by atoms with van der Waals surface area (Å²) in [5, 5.41) is 2.69. The third-order valence-corrected chi connectivity index (χ3v) is 4.31. The average molecular weight is 342 g/mol. The molecular weight excluding hydrogens is 322 g/mol. The molecule has 132 valence electrons. The quantitative estimate of drug-likeness (QED) is 0.794. The van der Waals surface area contributed by atoms with E-state index in [0.717, 1.165) is 12.8 Å². The molecule has 0 saturated heterocycles. The van der Waals surface area contributed by atoms with Crippen molar-refractivity contribution in [3.63, 3.8) is 0 Å². The number of nitrogens with one attached hydrogen (secondary N) is 1. The van der Waals surface area contributed by atoms with Crippen molar-refractivity contribution >= 4 is 11.8 Å². The highest BCUT2D eigenvalue weighted by Crippen LogP contribution is 2.37. The highest BCUT2D eigenvalue weighted by molar-refractivity contribution is 5.95. The predicted molar refractivity (Wildman–Crippen MR) is 82.1 cm³/mol. The van der Waals surface area contributed by atoms with Crippen molar-refractivity contribution in [2.45, 2.75) is 32.3 Å². The zero-order valence-corrected chi connectivity index (χ0v) is 13.3. The molecule has 6 nitrogen and oxygen atoms in total. The Bertz CT molecular complexity index is 616. The second-order valence-corrected chi connectivity index (χ2v) is 5.78. The van der Waals surface area contributed by atoms with Crippen molar-refractivity contribution in [1.82, 2.24) is 5.32 Å². The van der Waals surface area contributed by atoms with Gasteiger partial charge >= 0.3 is 6.61 Å². The Labute approximate surface area is 138 Å². The van der Waals surface area contributed by atoms with Crippen LogP contribution < -0.4 is 20.5 Å². The lowest BCUT2D eigenvalue weighted by atomic mass is 9.85. The van der Waals surface area contributed by atoms with Crippen LogP contribution in [0.15, 0.2) is 18.2 Å². The number of hydrogen-bond donors (Lipinski definition) is 2. The fraction of sp³-hybridized carbons (Fsp3) is 0.500. The number of primary amides is 1. The number of carbonyl (C=O) groups is 2. The topological polar surface area (TPSA) is 90.6 Å². The molecule has 2 amide bonds. The van der Waals surface area contributed by atoms with E-state index in [-0.39, 0.29) is 23.6 Å². The minimum atomic E-state index is -2.99. The van der Waals surface area contributed by atoms with Gasteiger partial charge in [-0.3, -0.25) is 9.59 Å². The number of carbonyl (C=O) groups excluding carboxylic acids is 2. The summed E-state index contributed by atoms with van der Waals surface area (Å²) in [5.41, 5.74) is 4.98. The van der Waals surface area contributed by atoms with Crippen LogP contribution in [0.25, 0.3) is 0 Å². The van der Waals surface area contributed by atoms with E-state index in [1.54, 1.807) is 0 Å². The molecule has 1 saturated carbocycles. The first-order valence-electron chi connectivity index (χ1n) is 7.59. The zero-order valence-electron chi connectivity index (χ0n) is 13.3. The normalized spacial score (nSPS) is 16.0. The van der Waals surface area contributed by atoms with Crippen LogP contribution >= 0.6 is 0 Å². The number of alkyl halides is 2. The molecule has 24 heavy (non-hydrogen) atoms. The predicted octanol–water partition coefficient (Wildman–Crippen LogP) is 2.07. The molecule has 0 unspecified atom stereocenters. The molecule has 0 atom stereocenters. The molecule has 0 radical (unpaired) electrons. The van der Waals surface area contributed by atoms with Crippen LogP contribution in [0.1, 0.15) is 36.0 Å². The Morgan fingerprint density at radius 1 is 1.29 bits per heavy atom. The summed E-state index contributed by atoms with van der Waals surface area (Å²) in [6, 6.07) is 3.89. The molecular formula is C16H20F2N2O4. The molecule has 8 heteroatoms. The maximum Gasteiger partial charge on any atom is 0.387 e. The number of halogens is 2. The molecule has 1 aliphatic carbocycles. The van der Waals surface area contributed by atoms with E-state index in [9.17, 15) is 18.4 Å². The number of ether oxygens (including phenoxy) is 2. The van der Waals surface area contributed by atoms with Gasteiger partial charge in [0.05, 0.1) is 12.5 Å². The van der Waals surface area contributed by atoms with Gasteiger partial charge in [-0.2, -0.15) is 8.78 Å². The van der Waals surface area contributed by atoms with Crippen LogP contribution in [-0.4, -0.2) is 32.1 Å². The van der Waals surface area contributed by atoms with Crippen molar-refractivity contribution in [1.29, 1.82) is 0 Å². The zero-order chi connectivity index (χ0) is 17.7. The highest BCUT2D eigenvalue weighted by atomic mass is 19.3. The Hall–Kier alpha value is -2.38. The third-order valence-electron chi connectivity index (χ3n) is 4.31. The van der Waals surface area contributed by atoms with Crippen LogP contribution in [0.3, 0.4) is 0 Å². The molecule has 0 heterocycles. The first-order valence-corrected chi connectivity index (χ1v) is 7.59. The van der Waals surface area contributed by atoms with Crippen LogP contribution in [0, 0.1) is 5.41 Å². The van der Waals surface area contributed by atoms with Gasteiger partial charge in [-0.15, -0.1) is 0 Å². The van der Waals surface area contributed by atoms with Gasteiger partial charge in [-0.1, -0.05) is 12.8 Å². The van der Waals surface area contributed by atoms with E-state index in [0.29, 0.717) is 12.8 Å². The average Bonchev–Trinajstić information content (AvgIpc) is 3.02. The number of nitrogens with two attached hydrogens (primary N) is 1. The van der Waals surface area contributed by atoms with E-state index in [1.165, 1.54) is 25.3 Å². The standard InChI is InChI=1S/C16H20F2N2O4/c1-23-12-8-10(4-5-11(12)24-15(17)18)13(21)20-9-16(14(19)22)6-2-3-7-16/h4-5,8,15H,2-3,6-7,9H2,1H3,(H2,19,22)(H,20,21). The van der Waals surface area contributed by atoms with E-state index < -0.39 is 23.8 Å². The summed E-state index contributed by atoms with van der Waals surface area (Å²) in [7, 11) is 1.29. The minimum absolute atomic E-state index is 0.0217. The fourth-order valence-corrected chi connectivity index (χ4v) is 2.92. The summed E-state index contributed by atoms with van der Waals surface area (Å²) in [4.78, 5) is 23.9. The molecule has 1 aromatic carbocycles. The van der Waals surface area contributed by atoms with Gasteiger partial charge in [-0.25, -0.2) is 0 Å². The van der Waals surface area contributed by atoms with Gasteiger partial charge in [0.1, 0.15) is 0 Å². The summed E-state index contributed by atoms with van der Waals surface area (Å²) in [6.07, 6.45) is 3.08. The molecule has 3 N–H and O–H groups in total. The Balaban J connectivity index is 2.08. The van der Waals surface area contributed by atoms with Gasteiger partial charge in [0.25, 0.3) is 5.91 Å². The van der Waals surface area contributed by atoms with Crippen molar-refractivity contribution in [3.8, 4) is 11.5 Å². The van der Waals surface area contributed by atoms with Crippen LogP contribution in [-0.2, 0) is 4.79 Å². The van der Waals surface area contributed by atoms with E-state index in [1.807, 2.05) is 0 Å². The molecule has 0 spiro atoms. The van der Waals surface area contributed by atoms with Crippen molar-refractivity contribution < 1.29 is 27.8 Å². The summed E-state index contributed by atoms with van der Waals surface area (Å²) in [6.45, 7) is -2.84. The van der Waals surface area contributed by atoms with Crippen molar-refractivity contribution in [2.75, 3.05) is 13.7 Å². The molecule has 0 aliphatic heterocycles. The number of amides is 2. The van der Waals surface area contributed by atoms with E-state index >= 15 is 0 Å². The number of methoxy groups -OCH3 is 1. The number of benzene rings is 1. The maximum absolute atomic E-state index is 12.3. The number of hydrogen-bond acceptors (Lipinski definition) is 4. The molecule has 0 aromatic heterocycles. The smallest absolute Gasteiger partial charge is 0.387 e. The minimum Gasteiger partial charge on any atom is -0.493 e. The van der Waals surface area contributed by atoms with Gasteiger partial charge in [0, 0.05) is 12.1 Å². The van der Waals surface area contributed by atoms with E-state index in [4.69, 9.17) is 10.5 Å². The first kappa shape index (κ1) is 18.0. The monoisotopic (exact) mass is 342 g/mol. The van der Waals surface area contributed by atoms with E-state index in [2.05, 4.69) is 10.1 Å². The Kier molecular flexibility index (Phi) is 5.58. The van der Waals surface area contributed by atoms with Gasteiger partial charge < -0.3 is 20.5 Å². The van der Waals surface area contributed by atoms with Crippen molar-refractivity contribution in [3.05, 3.63) is 23.8 Å². The van der Waals surface area contributed by atoms with Crippen LogP contribution in [0.4, 0.5) is 8.78 Å². The first-order chi connectivity index (χ1) is 11.4. The van der Waals surface area contributed by atoms with Gasteiger partial charge in [0.2, 0.25) is 5.91 Å².